The molecule has 0 saturated heterocycles. The van der Waals surface area contributed by atoms with Gasteiger partial charge >= 0.3 is 39.5 Å². The minimum Gasteiger partial charge on any atom is -0.462 e. The zero-order chi connectivity index (χ0) is 68.6. The number of phosphoric ester groups is 2. The Balaban J connectivity index is 5.14. The van der Waals surface area contributed by atoms with E-state index in [9.17, 15) is 43.2 Å². The standard InChI is InChI=1S/C74H144O17P2/c1-7-9-11-13-15-17-18-19-20-21-22-23-24-25-26-27-28-29-34-40-46-52-58-73(78)90-69(63-85-72(77)57-51-45-39-33-31-30-32-36-42-48-54-66(3)4)64-88-92(80,81)86-60-68(75)61-87-93(82,83)89-65-70(62-84-71(76)56-50-44-38-16-14-12-10-8-2)91-74(79)59-53-47-41-35-37-43-49-55-67(5)6/h66-70,75H,7-65H2,1-6H3,(H,80,81)(H,82,83)/t68-,69-,70-/m1/s1. The Labute approximate surface area is 568 Å². The smallest absolute Gasteiger partial charge is 0.462 e. The van der Waals surface area contributed by atoms with E-state index >= 15 is 0 Å². The van der Waals surface area contributed by atoms with Crippen molar-refractivity contribution in [2.24, 2.45) is 11.8 Å². The van der Waals surface area contributed by atoms with E-state index in [1.54, 1.807) is 0 Å². The second-order valence-electron chi connectivity index (χ2n) is 27.6. The molecule has 0 amide bonds. The molecule has 2 unspecified atom stereocenters. The Bertz CT molecular complexity index is 1800. The van der Waals surface area contributed by atoms with Gasteiger partial charge in [-0.2, -0.15) is 0 Å². The molecule has 0 heterocycles. The van der Waals surface area contributed by atoms with Gasteiger partial charge in [-0.05, 0) is 37.5 Å². The fourth-order valence-electron chi connectivity index (χ4n) is 11.3. The van der Waals surface area contributed by atoms with Crippen molar-refractivity contribution in [3.8, 4) is 0 Å². The molecule has 0 aliphatic rings. The van der Waals surface area contributed by atoms with Gasteiger partial charge in [-0.15, -0.1) is 0 Å². The third kappa shape index (κ3) is 68.4. The quantitative estimate of drug-likeness (QED) is 0.0222. The number of carbonyl (C=O) groups excluding carboxylic acids is 4. The molecule has 0 radical (unpaired) electrons. The van der Waals surface area contributed by atoms with Crippen molar-refractivity contribution in [1.82, 2.24) is 0 Å². The predicted octanol–water partition coefficient (Wildman–Crippen LogP) is 21.6. The Hall–Kier alpha value is -1.94. The monoisotopic (exact) mass is 1370 g/mol. The molecule has 0 spiro atoms. The summed E-state index contributed by atoms with van der Waals surface area (Å²) in [7, 11) is -9.90. The van der Waals surface area contributed by atoms with Crippen LogP contribution in [-0.4, -0.2) is 96.7 Å². The number of phosphoric acid groups is 2. The van der Waals surface area contributed by atoms with Crippen LogP contribution in [0.3, 0.4) is 0 Å². The van der Waals surface area contributed by atoms with Crippen molar-refractivity contribution in [2.75, 3.05) is 39.6 Å². The van der Waals surface area contributed by atoms with Gasteiger partial charge in [-0.1, -0.05) is 330 Å². The maximum absolute atomic E-state index is 13.1. The van der Waals surface area contributed by atoms with Gasteiger partial charge in [-0.3, -0.25) is 37.3 Å². The maximum atomic E-state index is 13.1. The lowest BCUT2D eigenvalue weighted by Crippen LogP contribution is -2.30. The van der Waals surface area contributed by atoms with E-state index in [0.29, 0.717) is 31.6 Å². The highest BCUT2D eigenvalue weighted by Crippen LogP contribution is 2.45. The fourth-order valence-corrected chi connectivity index (χ4v) is 12.9. The van der Waals surface area contributed by atoms with Crippen LogP contribution in [0.25, 0.3) is 0 Å². The molecule has 0 aromatic rings. The first kappa shape index (κ1) is 91.1. The number of hydrogen-bond acceptors (Lipinski definition) is 15. The summed E-state index contributed by atoms with van der Waals surface area (Å²) in [5, 5.41) is 10.6. The van der Waals surface area contributed by atoms with Crippen LogP contribution in [0, 0.1) is 11.8 Å². The van der Waals surface area contributed by atoms with Gasteiger partial charge in [0.15, 0.2) is 12.2 Å². The molecule has 0 rings (SSSR count). The van der Waals surface area contributed by atoms with Crippen LogP contribution in [0.4, 0.5) is 0 Å². The lowest BCUT2D eigenvalue weighted by molar-refractivity contribution is -0.161. The Morgan fingerprint density at radius 1 is 0.290 bits per heavy atom. The molecule has 0 aliphatic heterocycles. The summed E-state index contributed by atoms with van der Waals surface area (Å²) >= 11 is 0. The van der Waals surface area contributed by atoms with E-state index < -0.39 is 97.5 Å². The van der Waals surface area contributed by atoms with Crippen molar-refractivity contribution in [1.29, 1.82) is 0 Å². The van der Waals surface area contributed by atoms with E-state index in [-0.39, 0.29) is 25.7 Å². The Morgan fingerprint density at radius 3 is 0.731 bits per heavy atom. The summed E-state index contributed by atoms with van der Waals surface area (Å²) < 4.78 is 68.3. The summed E-state index contributed by atoms with van der Waals surface area (Å²) in [6, 6.07) is 0. The van der Waals surface area contributed by atoms with Crippen LogP contribution in [0.1, 0.15) is 382 Å². The topological polar surface area (TPSA) is 237 Å². The lowest BCUT2D eigenvalue weighted by atomic mass is 10.0. The zero-order valence-corrected chi connectivity index (χ0v) is 62.3. The molecule has 5 atom stereocenters. The van der Waals surface area contributed by atoms with Gasteiger partial charge in [0.2, 0.25) is 0 Å². The molecule has 0 saturated carbocycles. The van der Waals surface area contributed by atoms with Crippen LogP contribution in [0.5, 0.6) is 0 Å². The first-order chi connectivity index (χ1) is 44.9. The van der Waals surface area contributed by atoms with Gasteiger partial charge in [0.05, 0.1) is 26.4 Å². The fraction of sp³-hybridized carbons (Fsp3) is 0.946. The largest absolute Gasteiger partial charge is 0.472 e. The summed E-state index contributed by atoms with van der Waals surface area (Å²) in [6.07, 6.45) is 53.1. The summed E-state index contributed by atoms with van der Waals surface area (Å²) in [4.78, 5) is 72.5. The molecule has 3 N–H and O–H groups in total. The minimum atomic E-state index is -4.95. The second kappa shape index (κ2) is 66.0. The van der Waals surface area contributed by atoms with Gasteiger partial charge in [0, 0.05) is 25.7 Å². The van der Waals surface area contributed by atoms with E-state index in [2.05, 4.69) is 41.5 Å². The van der Waals surface area contributed by atoms with Crippen LogP contribution >= 0.6 is 15.6 Å². The lowest BCUT2D eigenvalue weighted by Gasteiger charge is -2.21. The van der Waals surface area contributed by atoms with Crippen LogP contribution < -0.4 is 0 Å². The highest BCUT2D eigenvalue weighted by molar-refractivity contribution is 7.47. The third-order valence-electron chi connectivity index (χ3n) is 17.2. The van der Waals surface area contributed by atoms with Crippen LogP contribution in [0.2, 0.25) is 0 Å². The predicted molar refractivity (Wildman–Crippen MR) is 377 cm³/mol. The van der Waals surface area contributed by atoms with Crippen molar-refractivity contribution in [3.63, 3.8) is 0 Å². The first-order valence-corrected chi connectivity index (χ1v) is 41.5. The number of aliphatic hydroxyl groups is 1. The number of aliphatic hydroxyl groups excluding tert-OH is 1. The minimum absolute atomic E-state index is 0.103. The van der Waals surface area contributed by atoms with Gasteiger partial charge < -0.3 is 33.8 Å². The summed E-state index contributed by atoms with van der Waals surface area (Å²) in [5.74, 6) is -0.671. The average Bonchev–Trinajstić information content (AvgIpc) is 2.93. The highest BCUT2D eigenvalue weighted by atomic mass is 31.2. The highest BCUT2D eigenvalue weighted by Gasteiger charge is 2.30. The molecule has 93 heavy (non-hydrogen) atoms. The number of unbranched alkanes of at least 4 members (excludes halogenated alkanes) is 43. The van der Waals surface area contributed by atoms with Crippen molar-refractivity contribution in [2.45, 2.75) is 400 Å². The number of ether oxygens (including phenoxy) is 4. The molecular weight excluding hydrogens is 1220 g/mol. The van der Waals surface area contributed by atoms with Crippen molar-refractivity contribution in [3.05, 3.63) is 0 Å². The average molecular weight is 1370 g/mol. The zero-order valence-electron chi connectivity index (χ0n) is 60.6. The van der Waals surface area contributed by atoms with Crippen LogP contribution in [0.15, 0.2) is 0 Å². The van der Waals surface area contributed by atoms with E-state index in [1.165, 1.54) is 193 Å². The molecular formula is C74H144O17P2. The molecule has 0 aromatic carbocycles. The Morgan fingerprint density at radius 2 is 0.495 bits per heavy atom. The number of esters is 4. The van der Waals surface area contributed by atoms with Crippen molar-refractivity contribution < 1.29 is 80.2 Å². The molecule has 17 nitrogen and oxygen atoms in total. The van der Waals surface area contributed by atoms with E-state index in [1.807, 2.05) is 0 Å². The summed E-state index contributed by atoms with van der Waals surface area (Å²) in [5.41, 5.74) is 0. The summed E-state index contributed by atoms with van der Waals surface area (Å²) in [6.45, 7) is 9.47. The van der Waals surface area contributed by atoms with Gasteiger partial charge in [0.1, 0.15) is 19.3 Å². The molecule has 0 fully saturated rings. The van der Waals surface area contributed by atoms with E-state index in [4.69, 9.17) is 37.0 Å². The first-order valence-electron chi connectivity index (χ1n) is 38.5. The second-order valence-corrected chi connectivity index (χ2v) is 30.5. The normalized spacial score (nSPS) is 14.1. The number of hydrogen-bond donors (Lipinski definition) is 3. The third-order valence-corrected chi connectivity index (χ3v) is 19.1. The van der Waals surface area contributed by atoms with Gasteiger partial charge in [0.25, 0.3) is 0 Å². The molecule has 552 valence electrons. The van der Waals surface area contributed by atoms with Gasteiger partial charge in [-0.25, -0.2) is 9.13 Å². The Kier molecular flexibility index (Phi) is 64.6. The maximum Gasteiger partial charge on any atom is 0.472 e. The van der Waals surface area contributed by atoms with Crippen molar-refractivity contribution >= 4 is 39.5 Å². The molecule has 0 aromatic heterocycles. The number of carbonyl (C=O) groups is 4. The van der Waals surface area contributed by atoms with Crippen LogP contribution in [-0.2, 0) is 65.4 Å². The van der Waals surface area contributed by atoms with E-state index in [0.717, 1.165) is 102 Å². The molecule has 19 heteroatoms. The SMILES string of the molecule is CCCCCCCCCCCCCCCCCCCCCCCCC(=O)O[C@H](COC(=O)CCCCCCCCCCCCC(C)C)COP(=O)(O)OC[C@@H](O)COP(=O)(O)OC[C@@H](COC(=O)CCCCCCCCCC)OC(=O)CCCCCCCCCC(C)C. The molecule has 0 aliphatic carbocycles. The number of rotatable bonds is 73. The molecule has 0 bridgehead atoms.